The minimum Gasteiger partial charge on any atom is -0.294 e. The van der Waals surface area contributed by atoms with E-state index in [0.29, 0.717) is 0 Å². The number of hydrogen-bond donors (Lipinski definition) is 1. The fraction of sp³-hybridized carbons (Fsp3) is 0.250. The number of nitrogens with one attached hydrogen (secondary N) is 1. The van der Waals surface area contributed by atoms with Gasteiger partial charge >= 0.3 is 0 Å². The molecule has 0 amide bonds. The van der Waals surface area contributed by atoms with Gasteiger partial charge in [0.25, 0.3) is 0 Å². The van der Waals surface area contributed by atoms with E-state index in [0.717, 1.165) is 23.0 Å². The van der Waals surface area contributed by atoms with Gasteiger partial charge in [-0.1, -0.05) is 67.8 Å². The summed E-state index contributed by atoms with van der Waals surface area (Å²) in [5.41, 5.74) is 8.39. The van der Waals surface area contributed by atoms with Gasteiger partial charge in [-0.15, -0.1) is 0 Å². The van der Waals surface area contributed by atoms with Gasteiger partial charge in [-0.2, -0.15) is 0 Å². The molecule has 3 aromatic carbocycles. The van der Waals surface area contributed by atoms with Gasteiger partial charge in [0.05, 0.1) is 17.1 Å². The van der Waals surface area contributed by atoms with Crippen molar-refractivity contribution in [1.29, 1.82) is 0 Å². The van der Waals surface area contributed by atoms with Crippen molar-refractivity contribution in [3.05, 3.63) is 90.5 Å². The Hall–Kier alpha value is -2.74. The van der Waals surface area contributed by atoms with Crippen LogP contribution in [0.5, 0.6) is 0 Å². The lowest BCUT2D eigenvalue weighted by atomic mass is 9.84. The van der Waals surface area contributed by atoms with E-state index in [1.165, 1.54) is 37.7 Å². The van der Waals surface area contributed by atoms with Gasteiger partial charge in [0.1, 0.15) is 0 Å². The molecule has 132 valence electrons. The van der Waals surface area contributed by atoms with Crippen molar-refractivity contribution in [3.63, 3.8) is 0 Å². The molecule has 1 saturated carbocycles. The minimum absolute atomic E-state index is 0.741. The average Bonchev–Trinajstić information content (AvgIpc) is 2.74. The Morgan fingerprint density at radius 1 is 0.615 bits per heavy atom. The third kappa shape index (κ3) is 3.91. The first-order valence-corrected chi connectivity index (χ1v) is 9.67. The summed E-state index contributed by atoms with van der Waals surface area (Å²) in [6.45, 7) is 0. The third-order valence-electron chi connectivity index (χ3n) is 5.26. The van der Waals surface area contributed by atoms with Crippen LogP contribution < -0.4 is 10.4 Å². The normalized spacial score (nSPS) is 14.8. The first-order valence-electron chi connectivity index (χ1n) is 9.67. The second-order valence-corrected chi connectivity index (χ2v) is 7.08. The summed E-state index contributed by atoms with van der Waals surface area (Å²) in [4.78, 5) is 0. The van der Waals surface area contributed by atoms with Crippen LogP contribution in [-0.4, -0.2) is 0 Å². The zero-order valence-corrected chi connectivity index (χ0v) is 15.1. The highest BCUT2D eigenvalue weighted by Crippen LogP contribution is 2.34. The molecule has 4 rings (SSSR count). The summed E-state index contributed by atoms with van der Waals surface area (Å²) >= 11 is 0. The molecule has 0 unspecified atom stereocenters. The lowest BCUT2D eigenvalue weighted by molar-refractivity contribution is 0.443. The van der Waals surface area contributed by atoms with Gasteiger partial charge < -0.3 is 0 Å². The molecule has 26 heavy (non-hydrogen) atoms. The van der Waals surface area contributed by atoms with Crippen LogP contribution in [0.15, 0.2) is 84.9 Å². The highest BCUT2D eigenvalue weighted by Gasteiger charge is 2.16. The molecule has 1 fully saturated rings. The maximum Gasteiger partial charge on any atom is 0.0630 e. The van der Waals surface area contributed by atoms with Gasteiger partial charge in [-0.25, -0.2) is 0 Å². The predicted molar refractivity (Wildman–Crippen MR) is 111 cm³/mol. The van der Waals surface area contributed by atoms with E-state index in [-0.39, 0.29) is 0 Å². The maximum atomic E-state index is 3.54. The second-order valence-electron chi connectivity index (χ2n) is 7.08. The van der Waals surface area contributed by atoms with Crippen LogP contribution in [0.2, 0.25) is 0 Å². The summed E-state index contributed by atoms with van der Waals surface area (Å²) in [5, 5.41) is 2.15. The van der Waals surface area contributed by atoms with Crippen LogP contribution in [-0.2, 0) is 0 Å². The Morgan fingerprint density at radius 3 is 1.85 bits per heavy atom. The largest absolute Gasteiger partial charge is 0.294 e. The average molecular weight is 342 g/mol. The number of anilines is 3. The van der Waals surface area contributed by atoms with Crippen LogP contribution in [0, 0.1) is 0 Å². The SMILES string of the molecule is c1ccc(NN(c2ccccc2)c2ccc(C3CCCCC3)cc2)cc1. The fourth-order valence-corrected chi connectivity index (χ4v) is 3.83. The Labute approximate surface area is 156 Å². The summed E-state index contributed by atoms with van der Waals surface area (Å²) in [7, 11) is 0. The number of rotatable bonds is 5. The first kappa shape index (κ1) is 16.7. The standard InChI is InChI=1S/C24H26N2/c1-4-10-20(11-5-1)21-16-18-24(19-17-21)26(23-14-8-3-9-15-23)25-22-12-6-2-7-13-22/h2-3,6-9,12-20,25H,1,4-5,10-11H2. The highest BCUT2D eigenvalue weighted by molar-refractivity contribution is 5.68. The molecular weight excluding hydrogens is 316 g/mol. The van der Waals surface area contributed by atoms with E-state index in [1.54, 1.807) is 0 Å². The number of hydrogen-bond acceptors (Lipinski definition) is 2. The Kier molecular flexibility index (Phi) is 5.20. The molecule has 1 aliphatic carbocycles. The lowest BCUT2D eigenvalue weighted by Gasteiger charge is -2.28. The molecule has 3 aromatic rings. The quantitative estimate of drug-likeness (QED) is 0.507. The fourth-order valence-electron chi connectivity index (χ4n) is 3.83. The molecule has 0 bridgehead atoms. The smallest absolute Gasteiger partial charge is 0.0630 e. The molecule has 2 nitrogen and oxygen atoms in total. The van der Waals surface area contributed by atoms with Gasteiger partial charge in [0.2, 0.25) is 0 Å². The zero-order chi connectivity index (χ0) is 17.6. The van der Waals surface area contributed by atoms with Crippen LogP contribution in [0.4, 0.5) is 17.1 Å². The molecule has 1 aliphatic rings. The van der Waals surface area contributed by atoms with Crippen molar-refractivity contribution < 1.29 is 0 Å². The van der Waals surface area contributed by atoms with Gasteiger partial charge in [-0.3, -0.25) is 10.4 Å². The summed E-state index contributed by atoms with van der Waals surface area (Å²) < 4.78 is 0. The molecule has 0 aromatic heterocycles. The second kappa shape index (κ2) is 8.09. The van der Waals surface area contributed by atoms with Crippen molar-refractivity contribution >= 4 is 17.1 Å². The van der Waals surface area contributed by atoms with E-state index in [1.807, 2.05) is 6.07 Å². The zero-order valence-electron chi connectivity index (χ0n) is 15.1. The molecule has 0 heterocycles. The Bertz CT molecular complexity index is 791. The first-order chi connectivity index (χ1) is 12.9. The number of nitrogens with zero attached hydrogens (tertiary/aromatic N) is 1. The Morgan fingerprint density at radius 2 is 1.19 bits per heavy atom. The maximum absolute atomic E-state index is 3.54. The Balaban J connectivity index is 1.61. The molecule has 0 spiro atoms. The molecule has 1 N–H and O–H groups in total. The van der Waals surface area contributed by atoms with Crippen molar-refractivity contribution in [2.24, 2.45) is 0 Å². The van der Waals surface area contributed by atoms with Gasteiger partial charge in [0.15, 0.2) is 0 Å². The van der Waals surface area contributed by atoms with Gasteiger partial charge in [-0.05, 0) is 60.7 Å². The van der Waals surface area contributed by atoms with Crippen molar-refractivity contribution in [2.45, 2.75) is 38.0 Å². The van der Waals surface area contributed by atoms with E-state index in [2.05, 4.69) is 89.3 Å². The number of hydrazine groups is 1. The number of benzene rings is 3. The summed E-state index contributed by atoms with van der Waals surface area (Å²) in [6.07, 6.45) is 6.82. The van der Waals surface area contributed by atoms with E-state index >= 15 is 0 Å². The number of para-hydroxylation sites is 2. The van der Waals surface area contributed by atoms with Crippen LogP contribution in [0.1, 0.15) is 43.6 Å². The van der Waals surface area contributed by atoms with Crippen LogP contribution in [0.25, 0.3) is 0 Å². The minimum atomic E-state index is 0.741. The van der Waals surface area contributed by atoms with Crippen molar-refractivity contribution in [2.75, 3.05) is 10.4 Å². The van der Waals surface area contributed by atoms with Gasteiger partial charge in [0, 0.05) is 0 Å². The predicted octanol–water partition coefficient (Wildman–Crippen LogP) is 6.90. The van der Waals surface area contributed by atoms with E-state index in [4.69, 9.17) is 0 Å². The van der Waals surface area contributed by atoms with Crippen LogP contribution >= 0.6 is 0 Å². The van der Waals surface area contributed by atoms with Crippen molar-refractivity contribution in [1.82, 2.24) is 0 Å². The third-order valence-corrected chi connectivity index (χ3v) is 5.26. The molecule has 0 radical (unpaired) electrons. The van der Waals surface area contributed by atoms with Crippen LogP contribution in [0.3, 0.4) is 0 Å². The molecule has 0 aliphatic heterocycles. The van der Waals surface area contributed by atoms with E-state index in [9.17, 15) is 0 Å². The van der Waals surface area contributed by atoms with E-state index < -0.39 is 0 Å². The molecular formula is C24H26N2. The monoisotopic (exact) mass is 342 g/mol. The summed E-state index contributed by atoms with van der Waals surface area (Å²) in [6, 6.07) is 29.9. The topological polar surface area (TPSA) is 15.3 Å². The molecule has 0 atom stereocenters. The summed E-state index contributed by atoms with van der Waals surface area (Å²) in [5.74, 6) is 0.741. The lowest BCUT2D eigenvalue weighted by Crippen LogP contribution is -2.24. The van der Waals surface area contributed by atoms with Crippen molar-refractivity contribution in [3.8, 4) is 0 Å². The molecule has 0 saturated heterocycles. The highest BCUT2D eigenvalue weighted by atomic mass is 15.5. The molecule has 2 heteroatoms.